The number of hydrogen-bond donors (Lipinski definition) is 4. The Morgan fingerprint density at radius 2 is 2.15 bits per heavy atom. The third kappa shape index (κ3) is 5.24. The van der Waals surface area contributed by atoms with E-state index in [-0.39, 0.29) is 12.3 Å². The second-order valence-electron chi connectivity index (χ2n) is 6.56. The van der Waals surface area contributed by atoms with Crippen LogP contribution in [0.3, 0.4) is 0 Å². The summed E-state index contributed by atoms with van der Waals surface area (Å²) in [5, 5.41) is 21.6. The Labute approximate surface area is 157 Å². The molecule has 1 aliphatic heterocycles. The lowest BCUT2D eigenvalue weighted by atomic mass is 9.93. The van der Waals surface area contributed by atoms with Crippen LogP contribution >= 0.6 is 0 Å². The molecule has 27 heavy (non-hydrogen) atoms. The van der Waals surface area contributed by atoms with Crippen LogP contribution in [0.1, 0.15) is 39.0 Å². The highest BCUT2D eigenvalue weighted by Crippen LogP contribution is 2.25. The summed E-state index contributed by atoms with van der Waals surface area (Å²) in [5.74, 6) is -2.46. The SMILES string of the molecule is CCCCC(C(=O)N1CCCC1C(=O)Nc1ccccn1)C(O)C(=O)NO. The third-order valence-corrected chi connectivity index (χ3v) is 4.70. The zero-order valence-corrected chi connectivity index (χ0v) is 15.3. The van der Waals surface area contributed by atoms with Gasteiger partial charge in [0.25, 0.3) is 5.91 Å². The maximum atomic E-state index is 13.0. The molecule has 3 amide bonds. The van der Waals surface area contributed by atoms with Gasteiger partial charge >= 0.3 is 0 Å². The smallest absolute Gasteiger partial charge is 0.272 e. The van der Waals surface area contributed by atoms with Crippen LogP contribution in [0.2, 0.25) is 0 Å². The molecule has 9 heteroatoms. The largest absolute Gasteiger partial charge is 0.382 e. The lowest BCUT2D eigenvalue weighted by Gasteiger charge is -2.29. The first-order chi connectivity index (χ1) is 13.0. The summed E-state index contributed by atoms with van der Waals surface area (Å²) in [6.07, 6.45) is 2.72. The fourth-order valence-corrected chi connectivity index (χ4v) is 3.25. The number of aromatic nitrogens is 1. The molecule has 0 aliphatic carbocycles. The van der Waals surface area contributed by atoms with Gasteiger partial charge in [0.05, 0.1) is 5.92 Å². The van der Waals surface area contributed by atoms with E-state index in [1.807, 2.05) is 6.92 Å². The Kier molecular flexibility index (Phi) is 7.68. The highest BCUT2D eigenvalue weighted by molar-refractivity contribution is 5.98. The van der Waals surface area contributed by atoms with E-state index in [1.54, 1.807) is 24.4 Å². The van der Waals surface area contributed by atoms with Crippen molar-refractivity contribution in [2.24, 2.45) is 5.92 Å². The van der Waals surface area contributed by atoms with Crippen molar-refractivity contribution in [3.8, 4) is 0 Å². The van der Waals surface area contributed by atoms with Crippen molar-refractivity contribution in [3.63, 3.8) is 0 Å². The number of unbranched alkanes of at least 4 members (excludes halogenated alkanes) is 1. The molecule has 1 fully saturated rings. The van der Waals surface area contributed by atoms with Crippen molar-refractivity contribution in [1.82, 2.24) is 15.4 Å². The van der Waals surface area contributed by atoms with Crippen molar-refractivity contribution < 1.29 is 24.7 Å². The average molecular weight is 378 g/mol. The summed E-state index contributed by atoms with van der Waals surface area (Å²) in [6.45, 7) is 2.30. The van der Waals surface area contributed by atoms with Gasteiger partial charge in [-0.05, 0) is 31.4 Å². The number of nitrogens with zero attached hydrogens (tertiary/aromatic N) is 2. The molecule has 3 unspecified atom stereocenters. The minimum absolute atomic E-state index is 0.287. The van der Waals surface area contributed by atoms with Crippen LogP contribution in [0.25, 0.3) is 0 Å². The van der Waals surface area contributed by atoms with Crippen LogP contribution in [0, 0.1) is 5.92 Å². The Balaban J connectivity index is 2.12. The topological polar surface area (TPSA) is 132 Å². The van der Waals surface area contributed by atoms with Gasteiger partial charge in [0.1, 0.15) is 18.0 Å². The van der Waals surface area contributed by atoms with Crippen molar-refractivity contribution in [3.05, 3.63) is 24.4 Å². The molecule has 1 aliphatic rings. The molecule has 1 saturated heterocycles. The number of rotatable bonds is 8. The molecule has 3 atom stereocenters. The lowest BCUT2D eigenvalue weighted by Crippen LogP contribution is -2.50. The predicted octanol–water partition coefficient (Wildman–Crippen LogP) is 0.684. The maximum absolute atomic E-state index is 13.0. The molecular formula is C18H26N4O5. The number of nitrogens with one attached hydrogen (secondary N) is 2. The normalized spacial score (nSPS) is 18.6. The first kappa shape index (κ1) is 20.8. The average Bonchev–Trinajstić information content (AvgIpc) is 3.18. The summed E-state index contributed by atoms with van der Waals surface area (Å²) in [6, 6.07) is 4.43. The van der Waals surface area contributed by atoms with E-state index in [0.29, 0.717) is 31.6 Å². The van der Waals surface area contributed by atoms with Gasteiger partial charge in [-0.1, -0.05) is 25.8 Å². The van der Waals surface area contributed by atoms with Crippen LogP contribution in [-0.2, 0) is 14.4 Å². The minimum Gasteiger partial charge on any atom is -0.382 e. The molecule has 9 nitrogen and oxygen atoms in total. The highest BCUT2D eigenvalue weighted by Gasteiger charge is 2.41. The van der Waals surface area contributed by atoms with Gasteiger partial charge in [-0.15, -0.1) is 0 Å². The molecule has 0 bridgehead atoms. The predicted molar refractivity (Wildman–Crippen MR) is 96.6 cm³/mol. The summed E-state index contributed by atoms with van der Waals surface area (Å²) in [4.78, 5) is 42.7. The van der Waals surface area contributed by atoms with Crippen molar-refractivity contribution in [2.75, 3.05) is 11.9 Å². The minimum atomic E-state index is -1.67. The molecule has 1 aromatic heterocycles. The van der Waals surface area contributed by atoms with E-state index < -0.39 is 29.9 Å². The summed E-state index contributed by atoms with van der Waals surface area (Å²) in [5.41, 5.74) is 1.39. The lowest BCUT2D eigenvalue weighted by molar-refractivity contribution is -0.152. The molecule has 2 heterocycles. The van der Waals surface area contributed by atoms with Gasteiger partial charge in [0.15, 0.2) is 0 Å². The molecule has 2 rings (SSSR count). The molecule has 0 spiro atoms. The molecule has 0 saturated carbocycles. The van der Waals surface area contributed by atoms with Crippen LogP contribution in [-0.4, -0.2) is 56.6 Å². The van der Waals surface area contributed by atoms with E-state index in [4.69, 9.17) is 5.21 Å². The van der Waals surface area contributed by atoms with Gasteiger partial charge in [-0.25, -0.2) is 10.5 Å². The summed E-state index contributed by atoms with van der Waals surface area (Å²) >= 11 is 0. The van der Waals surface area contributed by atoms with E-state index in [0.717, 1.165) is 6.42 Å². The van der Waals surface area contributed by atoms with Crippen LogP contribution in [0.15, 0.2) is 24.4 Å². The number of amides is 3. The van der Waals surface area contributed by atoms with E-state index >= 15 is 0 Å². The van der Waals surface area contributed by atoms with E-state index in [1.165, 1.54) is 10.4 Å². The maximum Gasteiger partial charge on any atom is 0.272 e. The van der Waals surface area contributed by atoms with Crippen molar-refractivity contribution in [2.45, 2.75) is 51.2 Å². The number of carbonyl (C=O) groups is 3. The monoisotopic (exact) mass is 378 g/mol. The zero-order chi connectivity index (χ0) is 19.8. The number of carbonyl (C=O) groups excluding carboxylic acids is 3. The van der Waals surface area contributed by atoms with Crippen LogP contribution in [0.4, 0.5) is 5.82 Å². The highest BCUT2D eigenvalue weighted by atomic mass is 16.5. The molecular weight excluding hydrogens is 352 g/mol. The van der Waals surface area contributed by atoms with Gasteiger partial charge in [0, 0.05) is 12.7 Å². The molecule has 148 valence electrons. The first-order valence-electron chi connectivity index (χ1n) is 9.14. The third-order valence-electron chi connectivity index (χ3n) is 4.70. The Hall–Kier alpha value is -2.52. The number of hydrogen-bond acceptors (Lipinski definition) is 6. The Morgan fingerprint density at radius 3 is 2.78 bits per heavy atom. The number of anilines is 1. The first-order valence-corrected chi connectivity index (χ1v) is 9.14. The van der Waals surface area contributed by atoms with Crippen molar-refractivity contribution >= 4 is 23.5 Å². The van der Waals surface area contributed by atoms with Crippen LogP contribution in [0.5, 0.6) is 0 Å². The number of aliphatic hydroxyl groups is 1. The number of pyridine rings is 1. The number of likely N-dealkylation sites (tertiary alicyclic amines) is 1. The quantitative estimate of drug-likeness (QED) is 0.389. The Bertz CT molecular complexity index is 654. The van der Waals surface area contributed by atoms with E-state index in [9.17, 15) is 19.5 Å². The van der Waals surface area contributed by atoms with E-state index in [2.05, 4.69) is 10.3 Å². The molecule has 1 aromatic rings. The number of aliphatic hydroxyl groups excluding tert-OH is 1. The molecule has 0 aromatic carbocycles. The standard InChI is InChI=1S/C18H26N4O5/c1-2-3-7-12(15(23)17(25)21-27)18(26)22-11-6-8-13(22)16(24)20-14-9-4-5-10-19-14/h4-5,9-10,12-13,15,23,27H,2-3,6-8,11H2,1H3,(H,21,25)(H,19,20,24). The van der Waals surface area contributed by atoms with Gasteiger partial charge in [0.2, 0.25) is 11.8 Å². The zero-order valence-electron chi connectivity index (χ0n) is 15.3. The fraction of sp³-hybridized carbons (Fsp3) is 0.556. The Morgan fingerprint density at radius 1 is 1.37 bits per heavy atom. The molecule has 4 N–H and O–H groups in total. The summed E-state index contributed by atoms with van der Waals surface area (Å²) < 4.78 is 0. The second-order valence-corrected chi connectivity index (χ2v) is 6.56. The number of hydroxylamine groups is 1. The fourth-order valence-electron chi connectivity index (χ4n) is 3.25. The van der Waals surface area contributed by atoms with Gasteiger partial charge in [-0.3, -0.25) is 19.6 Å². The van der Waals surface area contributed by atoms with Crippen LogP contribution < -0.4 is 10.8 Å². The van der Waals surface area contributed by atoms with Gasteiger partial charge in [-0.2, -0.15) is 0 Å². The van der Waals surface area contributed by atoms with Gasteiger partial charge < -0.3 is 15.3 Å². The van der Waals surface area contributed by atoms with Crippen molar-refractivity contribution in [1.29, 1.82) is 0 Å². The second kappa shape index (κ2) is 9.98. The summed E-state index contributed by atoms with van der Waals surface area (Å²) in [7, 11) is 0. The molecule has 0 radical (unpaired) electrons.